The Hall–Kier alpha value is -1.80. The number of anilines is 1. The van der Waals surface area contributed by atoms with Crippen LogP contribution in [-0.2, 0) is 14.8 Å². The highest BCUT2D eigenvalue weighted by Gasteiger charge is 2.23. The highest BCUT2D eigenvalue weighted by molar-refractivity contribution is 7.89. The fourth-order valence-electron chi connectivity index (χ4n) is 1.62. The molecule has 1 amide bonds. The van der Waals surface area contributed by atoms with Crippen LogP contribution in [0.4, 0.5) is 5.69 Å². The van der Waals surface area contributed by atoms with Crippen molar-refractivity contribution in [3.63, 3.8) is 0 Å². The number of nitrogen functional groups attached to an aromatic ring is 1. The molecule has 112 valence electrons. The van der Waals surface area contributed by atoms with Crippen LogP contribution >= 0.6 is 0 Å². The average molecular weight is 301 g/mol. The van der Waals surface area contributed by atoms with Crippen LogP contribution < -0.4 is 15.2 Å². The van der Waals surface area contributed by atoms with Gasteiger partial charge in [0.2, 0.25) is 15.9 Å². The van der Waals surface area contributed by atoms with Gasteiger partial charge in [-0.3, -0.25) is 4.79 Å². The van der Waals surface area contributed by atoms with Gasteiger partial charge in [0.15, 0.2) is 0 Å². The minimum atomic E-state index is -3.82. The first kappa shape index (κ1) is 16.3. The number of amides is 1. The first-order valence-corrected chi connectivity index (χ1v) is 7.34. The number of carbonyl (C=O) groups excluding carboxylic acids is 1. The lowest BCUT2D eigenvalue weighted by atomic mass is 10.3. The van der Waals surface area contributed by atoms with Crippen LogP contribution in [0.15, 0.2) is 23.1 Å². The molecule has 0 radical (unpaired) electrons. The molecule has 8 heteroatoms. The van der Waals surface area contributed by atoms with Crippen molar-refractivity contribution in [1.29, 1.82) is 0 Å². The fourth-order valence-corrected chi connectivity index (χ4v) is 2.85. The summed E-state index contributed by atoms with van der Waals surface area (Å²) in [5.41, 5.74) is 5.89. The minimum absolute atomic E-state index is 0.0193. The molecular formula is C12H19N3O4S. The van der Waals surface area contributed by atoms with Gasteiger partial charge in [-0.25, -0.2) is 8.42 Å². The van der Waals surface area contributed by atoms with Crippen molar-refractivity contribution in [1.82, 2.24) is 9.62 Å². The van der Waals surface area contributed by atoms with Crippen molar-refractivity contribution >= 4 is 21.6 Å². The second kappa shape index (κ2) is 6.10. The van der Waals surface area contributed by atoms with Gasteiger partial charge in [0, 0.05) is 14.1 Å². The molecule has 1 unspecified atom stereocenters. The van der Waals surface area contributed by atoms with E-state index >= 15 is 0 Å². The van der Waals surface area contributed by atoms with Gasteiger partial charge in [0.25, 0.3) is 0 Å². The van der Waals surface area contributed by atoms with E-state index in [1.54, 1.807) is 14.1 Å². The van der Waals surface area contributed by atoms with Gasteiger partial charge in [0.05, 0.1) is 23.7 Å². The molecule has 3 N–H and O–H groups in total. The second-order valence-corrected chi connectivity index (χ2v) is 6.19. The molecule has 20 heavy (non-hydrogen) atoms. The SMILES string of the molecule is COc1ccc(S(=O)(=O)NC(C)C(=O)N(C)C)cc1N. The second-order valence-electron chi connectivity index (χ2n) is 4.48. The number of likely N-dealkylation sites (N-methyl/N-ethyl adjacent to an activating group) is 1. The molecule has 0 saturated heterocycles. The summed E-state index contributed by atoms with van der Waals surface area (Å²) in [7, 11) is 0.730. The maximum absolute atomic E-state index is 12.1. The van der Waals surface area contributed by atoms with Crippen LogP contribution in [0.2, 0.25) is 0 Å². The molecular weight excluding hydrogens is 282 g/mol. The quantitative estimate of drug-likeness (QED) is 0.747. The molecule has 1 aromatic rings. The highest BCUT2D eigenvalue weighted by Crippen LogP contribution is 2.24. The van der Waals surface area contributed by atoms with Crippen LogP contribution in [0.5, 0.6) is 5.75 Å². The molecule has 0 aromatic heterocycles. The average Bonchev–Trinajstić information content (AvgIpc) is 2.36. The van der Waals surface area contributed by atoms with E-state index in [1.807, 2.05) is 0 Å². The smallest absolute Gasteiger partial charge is 0.241 e. The van der Waals surface area contributed by atoms with E-state index in [1.165, 1.54) is 37.1 Å². The monoisotopic (exact) mass is 301 g/mol. The minimum Gasteiger partial charge on any atom is -0.495 e. The Kier molecular flexibility index (Phi) is 4.96. The van der Waals surface area contributed by atoms with Crippen molar-refractivity contribution in [2.75, 3.05) is 26.9 Å². The van der Waals surface area contributed by atoms with E-state index in [0.717, 1.165) is 0 Å². The third-order valence-corrected chi connectivity index (χ3v) is 4.19. The third kappa shape index (κ3) is 3.61. The summed E-state index contributed by atoms with van der Waals surface area (Å²) in [6.45, 7) is 1.48. The zero-order chi connectivity index (χ0) is 15.5. The van der Waals surface area contributed by atoms with Crippen LogP contribution in [0.3, 0.4) is 0 Å². The van der Waals surface area contributed by atoms with Gasteiger partial charge in [-0.2, -0.15) is 4.72 Å². The molecule has 1 rings (SSSR count). The van der Waals surface area contributed by atoms with E-state index < -0.39 is 16.1 Å². The Bertz CT molecular complexity index is 599. The lowest BCUT2D eigenvalue weighted by Crippen LogP contribution is -2.44. The lowest BCUT2D eigenvalue weighted by Gasteiger charge is -2.18. The van der Waals surface area contributed by atoms with Crippen LogP contribution in [0, 0.1) is 0 Å². The molecule has 0 bridgehead atoms. The Morgan fingerprint density at radius 1 is 1.40 bits per heavy atom. The summed E-state index contributed by atoms with van der Waals surface area (Å²) in [5, 5.41) is 0. The Labute approximate surface area is 118 Å². The van der Waals surface area contributed by atoms with E-state index in [9.17, 15) is 13.2 Å². The molecule has 0 aliphatic carbocycles. The van der Waals surface area contributed by atoms with Crippen molar-refractivity contribution in [3.8, 4) is 5.75 Å². The molecule has 0 saturated carbocycles. The zero-order valence-corrected chi connectivity index (χ0v) is 12.7. The number of hydrogen-bond donors (Lipinski definition) is 2. The van der Waals surface area contributed by atoms with E-state index in [2.05, 4.69) is 4.72 Å². The number of hydrogen-bond acceptors (Lipinski definition) is 5. The highest BCUT2D eigenvalue weighted by atomic mass is 32.2. The number of sulfonamides is 1. The predicted molar refractivity (Wildman–Crippen MR) is 75.9 cm³/mol. The molecule has 0 fully saturated rings. The first-order valence-electron chi connectivity index (χ1n) is 5.86. The predicted octanol–water partition coefficient (Wildman–Crippen LogP) is 0.0324. The summed E-state index contributed by atoms with van der Waals surface area (Å²) in [6, 6.07) is 3.25. The Morgan fingerprint density at radius 3 is 2.45 bits per heavy atom. The standard InChI is InChI=1S/C12H19N3O4S/c1-8(12(16)15(2)3)14-20(17,18)9-5-6-11(19-4)10(13)7-9/h5-8,14H,13H2,1-4H3. The molecule has 0 spiro atoms. The van der Waals surface area contributed by atoms with Gasteiger partial charge in [-0.05, 0) is 25.1 Å². The number of benzene rings is 1. The van der Waals surface area contributed by atoms with Crippen LogP contribution in [0.1, 0.15) is 6.92 Å². The number of nitrogens with zero attached hydrogens (tertiary/aromatic N) is 1. The topological polar surface area (TPSA) is 102 Å². The molecule has 0 aliphatic heterocycles. The number of carbonyl (C=O) groups is 1. The fraction of sp³-hybridized carbons (Fsp3) is 0.417. The normalized spacial score (nSPS) is 12.8. The maximum atomic E-state index is 12.1. The zero-order valence-electron chi connectivity index (χ0n) is 11.9. The van der Waals surface area contributed by atoms with Crippen molar-refractivity contribution in [2.45, 2.75) is 17.9 Å². The third-order valence-electron chi connectivity index (χ3n) is 2.65. The molecule has 1 atom stereocenters. The largest absolute Gasteiger partial charge is 0.495 e. The number of rotatable bonds is 5. The molecule has 0 aliphatic rings. The number of methoxy groups -OCH3 is 1. The summed E-state index contributed by atoms with van der Waals surface area (Å²) in [6.07, 6.45) is 0. The number of nitrogens with one attached hydrogen (secondary N) is 1. The number of nitrogens with two attached hydrogens (primary N) is 1. The van der Waals surface area contributed by atoms with Gasteiger partial charge < -0.3 is 15.4 Å². The van der Waals surface area contributed by atoms with Gasteiger partial charge >= 0.3 is 0 Å². The van der Waals surface area contributed by atoms with E-state index in [4.69, 9.17) is 10.5 Å². The van der Waals surface area contributed by atoms with Gasteiger partial charge in [0.1, 0.15) is 5.75 Å². The first-order chi connectivity index (χ1) is 9.19. The van der Waals surface area contributed by atoms with Gasteiger partial charge in [-0.15, -0.1) is 0 Å². The lowest BCUT2D eigenvalue weighted by molar-refractivity contribution is -0.130. The summed E-state index contributed by atoms with van der Waals surface area (Å²) >= 11 is 0. The summed E-state index contributed by atoms with van der Waals surface area (Å²) in [4.78, 5) is 13.0. The van der Waals surface area contributed by atoms with E-state index in [0.29, 0.717) is 5.75 Å². The van der Waals surface area contributed by atoms with E-state index in [-0.39, 0.29) is 16.5 Å². The van der Waals surface area contributed by atoms with Crippen molar-refractivity contribution in [2.24, 2.45) is 0 Å². The molecule has 0 heterocycles. The Balaban J connectivity index is 3.00. The van der Waals surface area contributed by atoms with Crippen LogP contribution in [-0.4, -0.2) is 46.5 Å². The number of ether oxygens (including phenoxy) is 1. The molecule has 7 nitrogen and oxygen atoms in total. The summed E-state index contributed by atoms with van der Waals surface area (Å²) in [5.74, 6) is 0.0522. The van der Waals surface area contributed by atoms with Gasteiger partial charge in [-0.1, -0.05) is 0 Å². The molecule has 1 aromatic carbocycles. The Morgan fingerprint density at radius 2 is 2.00 bits per heavy atom. The maximum Gasteiger partial charge on any atom is 0.241 e. The van der Waals surface area contributed by atoms with Crippen molar-refractivity contribution < 1.29 is 17.9 Å². The summed E-state index contributed by atoms with van der Waals surface area (Å²) < 4.78 is 31.6. The van der Waals surface area contributed by atoms with Crippen molar-refractivity contribution in [3.05, 3.63) is 18.2 Å². The van der Waals surface area contributed by atoms with Crippen LogP contribution in [0.25, 0.3) is 0 Å².